The maximum absolute atomic E-state index is 12.5. The molecule has 0 radical (unpaired) electrons. The number of hydrogen-bond donors (Lipinski definition) is 2. The van der Waals surface area contributed by atoms with Crippen molar-refractivity contribution in [3.8, 4) is 5.75 Å². The predicted molar refractivity (Wildman–Crippen MR) is 93.6 cm³/mol. The molecule has 0 aliphatic heterocycles. The molecule has 2 aromatic carbocycles. The molecule has 6 nitrogen and oxygen atoms in total. The number of ether oxygens (including phenoxy) is 1. The Morgan fingerprint density at radius 2 is 1.89 bits per heavy atom. The van der Waals surface area contributed by atoms with E-state index in [1.54, 1.807) is 5.32 Å². The lowest BCUT2D eigenvalue weighted by molar-refractivity contribution is -0.123. The molecular weight excluding hydrogens is 409 g/mol. The van der Waals surface area contributed by atoms with Gasteiger partial charge in [0.15, 0.2) is 0 Å². The highest BCUT2D eigenvalue weighted by Crippen LogP contribution is 2.29. The third-order valence-corrected chi connectivity index (χ3v) is 4.97. The van der Waals surface area contributed by atoms with Crippen LogP contribution >= 0.6 is 11.6 Å². The lowest BCUT2D eigenvalue weighted by atomic mass is 10.2. The molecule has 2 aromatic rings. The van der Waals surface area contributed by atoms with Gasteiger partial charge in [-0.05, 0) is 30.3 Å². The molecule has 0 bridgehead atoms. The third kappa shape index (κ3) is 5.76. The minimum absolute atomic E-state index is 0.0444. The van der Waals surface area contributed by atoms with Crippen LogP contribution < -0.4 is 14.8 Å². The van der Waals surface area contributed by atoms with Gasteiger partial charge in [-0.2, -0.15) is 13.2 Å². The van der Waals surface area contributed by atoms with Crippen molar-refractivity contribution in [2.24, 2.45) is 0 Å². The van der Waals surface area contributed by atoms with E-state index < -0.39 is 28.7 Å². The topological polar surface area (TPSA) is 84.5 Å². The molecule has 0 spiro atoms. The van der Waals surface area contributed by atoms with Gasteiger partial charge >= 0.3 is 6.18 Å². The SMILES string of the molecule is COc1ccc(Cl)c(NS(=O)(=O)c2cccc(C(=O)NCC(F)(F)F)c2)c1. The molecular formula is C16H14ClF3N2O4S. The molecule has 0 aliphatic carbocycles. The lowest BCUT2D eigenvalue weighted by Crippen LogP contribution is -2.33. The molecule has 2 rings (SSSR count). The average Bonchev–Trinajstić information content (AvgIpc) is 2.61. The van der Waals surface area contributed by atoms with Crippen LogP contribution in [0.3, 0.4) is 0 Å². The Labute approximate surface area is 158 Å². The van der Waals surface area contributed by atoms with Gasteiger partial charge in [-0.3, -0.25) is 9.52 Å². The first-order valence-corrected chi connectivity index (χ1v) is 9.19. The Hall–Kier alpha value is -2.46. The number of hydrogen-bond acceptors (Lipinski definition) is 4. The van der Waals surface area contributed by atoms with Crippen LogP contribution in [0.5, 0.6) is 5.75 Å². The van der Waals surface area contributed by atoms with Gasteiger partial charge in [0.2, 0.25) is 0 Å². The van der Waals surface area contributed by atoms with Crippen LogP contribution in [-0.2, 0) is 10.0 Å². The molecule has 0 heterocycles. The summed E-state index contributed by atoms with van der Waals surface area (Å²) in [5, 5.41) is 1.78. The summed E-state index contributed by atoms with van der Waals surface area (Å²) in [6.07, 6.45) is -4.58. The van der Waals surface area contributed by atoms with Crippen LogP contribution in [0.15, 0.2) is 47.4 Å². The van der Waals surface area contributed by atoms with Crippen LogP contribution in [0.4, 0.5) is 18.9 Å². The van der Waals surface area contributed by atoms with Crippen LogP contribution in [-0.4, -0.2) is 34.2 Å². The fraction of sp³-hybridized carbons (Fsp3) is 0.188. The number of rotatable bonds is 6. The smallest absolute Gasteiger partial charge is 0.405 e. The van der Waals surface area contributed by atoms with E-state index in [9.17, 15) is 26.4 Å². The van der Waals surface area contributed by atoms with Crippen molar-refractivity contribution in [2.75, 3.05) is 18.4 Å². The van der Waals surface area contributed by atoms with Crippen LogP contribution in [0.25, 0.3) is 0 Å². The van der Waals surface area contributed by atoms with Gasteiger partial charge < -0.3 is 10.1 Å². The molecule has 0 aliphatic rings. The largest absolute Gasteiger partial charge is 0.497 e. The van der Waals surface area contributed by atoms with Crippen molar-refractivity contribution in [2.45, 2.75) is 11.1 Å². The van der Waals surface area contributed by atoms with Crippen molar-refractivity contribution in [1.82, 2.24) is 5.32 Å². The summed E-state index contributed by atoms with van der Waals surface area (Å²) in [4.78, 5) is 11.5. The molecule has 0 fully saturated rings. The van der Waals surface area contributed by atoms with Gasteiger partial charge in [0.25, 0.3) is 15.9 Å². The van der Waals surface area contributed by atoms with E-state index in [1.807, 2.05) is 0 Å². The second-order valence-corrected chi connectivity index (χ2v) is 7.37. The Bertz CT molecular complexity index is 949. The average molecular weight is 423 g/mol. The predicted octanol–water partition coefficient (Wildman–Crippen LogP) is 3.44. The lowest BCUT2D eigenvalue weighted by Gasteiger charge is -2.12. The molecule has 11 heteroatoms. The minimum atomic E-state index is -4.58. The van der Waals surface area contributed by atoms with E-state index in [-0.39, 0.29) is 21.2 Å². The highest BCUT2D eigenvalue weighted by Gasteiger charge is 2.28. The van der Waals surface area contributed by atoms with Gasteiger partial charge in [-0.1, -0.05) is 17.7 Å². The molecule has 2 N–H and O–H groups in total. The van der Waals surface area contributed by atoms with E-state index in [0.717, 1.165) is 6.07 Å². The summed E-state index contributed by atoms with van der Waals surface area (Å²) >= 11 is 5.96. The molecule has 27 heavy (non-hydrogen) atoms. The summed E-state index contributed by atoms with van der Waals surface area (Å²) in [6, 6.07) is 8.91. The number of sulfonamides is 1. The van der Waals surface area contributed by atoms with Gasteiger partial charge in [0.05, 0.1) is 22.7 Å². The number of anilines is 1. The van der Waals surface area contributed by atoms with Crippen LogP contribution in [0.2, 0.25) is 5.02 Å². The second kappa shape index (κ2) is 8.05. The Morgan fingerprint density at radius 1 is 1.19 bits per heavy atom. The van der Waals surface area contributed by atoms with Crippen molar-refractivity contribution >= 4 is 33.2 Å². The van der Waals surface area contributed by atoms with Gasteiger partial charge in [-0.25, -0.2) is 8.42 Å². The van der Waals surface area contributed by atoms with E-state index >= 15 is 0 Å². The Kier molecular flexibility index (Phi) is 6.22. The number of carbonyl (C=O) groups is 1. The molecule has 0 saturated heterocycles. The number of benzene rings is 2. The van der Waals surface area contributed by atoms with Crippen molar-refractivity contribution in [3.05, 3.63) is 53.1 Å². The molecule has 0 atom stereocenters. The third-order valence-electron chi connectivity index (χ3n) is 3.27. The van der Waals surface area contributed by atoms with Crippen molar-refractivity contribution in [3.63, 3.8) is 0 Å². The van der Waals surface area contributed by atoms with Gasteiger partial charge in [0.1, 0.15) is 12.3 Å². The number of amides is 1. The maximum atomic E-state index is 12.5. The first kappa shape index (κ1) is 20.8. The highest BCUT2D eigenvalue weighted by molar-refractivity contribution is 7.92. The zero-order valence-electron chi connectivity index (χ0n) is 13.8. The monoisotopic (exact) mass is 422 g/mol. The van der Waals surface area contributed by atoms with Crippen LogP contribution in [0.1, 0.15) is 10.4 Å². The Balaban J connectivity index is 2.26. The zero-order valence-corrected chi connectivity index (χ0v) is 15.4. The number of halogens is 4. The number of nitrogens with one attached hydrogen (secondary N) is 2. The van der Waals surface area contributed by atoms with Gasteiger partial charge in [-0.15, -0.1) is 0 Å². The van der Waals surface area contributed by atoms with Crippen LogP contribution in [0, 0.1) is 0 Å². The summed E-state index contributed by atoms with van der Waals surface area (Å²) in [5.74, 6) is -0.693. The fourth-order valence-corrected chi connectivity index (χ4v) is 3.34. The summed E-state index contributed by atoms with van der Waals surface area (Å²) in [5.41, 5.74) is -0.193. The van der Waals surface area contributed by atoms with E-state index in [2.05, 4.69) is 4.72 Å². The zero-order chi connectivity index (χ0) is 20.2. The maximum Gasteiger partial charge on any atom is 0.405 e. The Morgan fingerprint density at radius 3 is 2.52 bits per heavy atom. The normalized spacial score (nSPS) is 11.7. The molecule has 0 unspecified atom stereocenters. The van der Waals surface area contributed by atoms with Crippen molar-refractivity contribution < 1.29 is 31.1 Å². The molecule has 0 saturated carbocycles. The first-order chi connectivity index (χ1) is 12.5. The summed E-state index contributed by atoms with van der Waals surface area (Å²) in [7, 11) is -2.76. The minimum Gasteiger partial charge on any atom is -0.497 e. The van der Waals surface area contributed by atoms with E-state index in [1.165, 1.54) is 43.5 Å². The highest BCUT2D eigenvalue weighted by atomic mass is 35.5. The van der Waals surface area contributed by atoms with E-state index in [4.69, 9.17) is 16.3 Å². The van der Waals surface area contributed by atoms with Gasteiger partial charge in [0, 0.05) is 11.6 Å². The summed E-state index contributed by atoms with van der Waals surface area (Å²) in [6.45, 7) is -1.53. The summed E-state index contributed by atoms with van der Waals surface area (Å²) < 4.78 is 68.9. The molecule has 0 aromatic heterocycles. The quantitative estimate of drug-likeness (QED) is 0.746. The molecule has 1 amide bonds. The van der Waals surface area contributed by atoms with E-state index in [0.29, 0.717) is 5.75 Å². The number of alkyl halides is 3. The number of carbonyl (C=O) groups excluding carboxylic acids is 1. The molecule has 146 valence electrons. The number of methoxy groups -OCH3 is 1. The standard InChI is InChI=1S/C16H14ClF3N2O4S/c1-26-11-5-6-13(17)14(8-11)22-27(24,25)12-4-2-3-10(7-12)15(23)21-9-16(18,19)20/h2-8,22H,9H2,1H3,(H,21,23). The first-order valence-electron chi connectivity index (χ1n) is 7.33. The fourth-order valence-electron chi connectivity index (χ4n) is 2.00. The van der Waals surface area contributed by atoms with Crippen molar-refractivity contribution in [1.29, 1.82) is 0 Å². The second-order valence-electron chi connectivity index (χ2n) is 5.28.